The van der Waals surface area contributed by atoms with Crippen LogP contribution in [0.4, 0.5) is 0 Å². The summed E-state index contributed by atoms with van der Waals surface area (Å²) in [6, 6.07) is 17.5. The standard InChI is InChI=1S/C21H25NO3/c1-25-20-12-6-5-10-17(20)14-18-11-7-13-22(18)21(24)15-19(23)16-8-3-2-4-9-16/h2-6,8-10,12,18-19,23H,7,11,13-15H2,1H3. The summed E-state index contributed by atoms with van der Waals surface area (Å²) in [4.78, 5) is 14.6. The summed E-state index contributed by atoms with van der Waals surface area (Å²) < 4.78 is 5.43. The largest absolute Gasteiger partial charge is 0.496 e. The number of likely N-dealkylation sites (tertiary alicyclic amines) is 1. The van der Waals surface area contributed by atoms with Gasteiger partial charge in [-0.3, -0.25) is 4.79 Å². The predicted octanol–water partition coefficient (Wildman–Crippen LogP) is 3.35. The van der Waals surface area contributed by atoms with E-state index in [4.69, 9.17) is 4.74 Å². The Morgan fingerprint density at radius 1 is 1.20 bits per heavy atom. The Bertz CT molecular complexity index is 701. The van der Waals surface area contributed by atoms with Crippen molar-refractivity contribution in [1.29, 1.82) is 0 Å². The molecular weight excluding hydrogens is 314 g/mol. The van der Waals surface area contributed by atoms with Gasteiger partial charge in [0.15, 0.2) is 0 Å². The summed E-state index contributed by atoms with van der Waals surface area (Å²) >= 11 is 0. The third-order valence-electron chi connectivity index (χ3n) is 4.90. The molecule has 2 aromatic carbocycles. The maximum absolute atomic E-state index is 12.7. The third kappa shape index (κ3) is 4.20. The van der Waals surface area contributed by atoms with Gasteiger partial charge in [-0.1, -0.05) is 48.5 Å². The molecule has 1 N–H and O–H groups in total. The molecule has 0 radical (unpaired) electrons. The van der Waals surface area contributed by atoms with E-state index in [1.165, 1.54) is 0 Å². The number of hydrogen-bond donors (Lipinski definition) is 1. The number of para-hydroxylation sites is 1. The predicted molar refractivity (Wildman–Crippen MR) is 97.5 cm³/mol. The van der Waals surface area contributed by atoms with E-state index in [1.54, 1.807) is 7.11 Å². The van der Waals surface area contributed by atoms with E-state index in [1.807, 2.05) is 53.4 Å². The van der Waals surface area contributed by atoms with Crippen LogP contribution >= 0.6 is 0 Å². The van der Waals surface area contributed by atoms with Gasteiger partial charge in [0.05, 0.1) is 19.6 Å². The zero-order valence-corrected chi connectivity index (χ0v) is 14.6. The Morgan fingerprint density at radius 2 is 1.92 bits per heavy atom. The Morgan fingerprint density at radius 3 is 2.68 bits per heavy atom. The number of rotatable bonds is 6. The number of methoxy groups -OCH3 is 1. The molecule has 2 aromatic rings. The average molecular weight is 339 g/mol. The molecule has 0 aromatic heterocycles. The van der Waals surface area contributed by atoms with Crippen LogP contribution < -0.4 is 4.74 Å². The van der Waals surface area contributed by atoms with Crippen LogP contribution in [0.2, 0.25) is 0 Å². The first kappa shape index (κ1) is 17.5. The van der Waals surface area contributed by atoms with Crippen LogP contribution in [0.25, 0.3) is 0 Å². The molecule has 3 rings (SSSR count). The number of carbonyl (C=O) groups excluding carboxylic acids is 1. The number of nitrogens with zero attached hydrogens (tertiary/aromatic N) is 1. The smallest absolute Gasteiger partial charge is 0.225 e. The lowest BCUT2D eigenvalue weighted by Crippen LogP contribution is -2.37. The van der Waals surface area contributed by atoms with E-state index in [2.05, 4.69) is 6.07 Å². The Labute approximate surface area is 149 Å². The fraction of sp³-hybridized carbons (Fsp3) is 0.381. The van der Waals surface area contributed by atoms with Gasteiger partial charge in [0.25, 0.3) is 0 Å². The van der Waals surface area contributed by atoms with Crippen molar-refractivity contribution >= 4 is 5.91 Å². The van der Waals surface area contributed by atoms with Gasteiger partial charge in [0.2, 0.25) is 5.91 Å². The first-order valence-corrected chi connectivity index (χ1v) is 8.83. The van der Waals surface area contributed by atoms with E-state index in [-0.39, 0.29) is 18.4 Å². The number of ether oxygens (including phenoxy) is 1. The lowest BCUT2D eigenvalue weighted by Gasteiger charge is -2.26. The van der Waals surface area contributed by atoms with Crippen molar-refractivity contribution in [3.63, 3.8) is 0 Å². The first-order valence-electron chi connectivity index (χ1n) is 8.83. The van der Waals surface area contributed by atoms with Crippen LogP contribution in [0, 0.1) is 0 Å². The zero-order chi connectivity index (χ0) is 17.6. The molecular formula is C21H25NO3. The number of amides is 1. The summed E-state index contributed by atoms with van der Waals surface area (Å²) in [5, 5.41) is 10.3. The number of aliphatic hydroxyl groups is 1. The topological polar surface area (TPSA) is 49.8 Å². The summed E-state index contributed by atoms with van der Waals surface area (Å²) in [6.45, 7) is 0.764. The molecule has 0 saturated carbocycles. The SMILES string of the molecule is COc1ccccc1CC1CCCN1C(=O)CC(O)c1ccccc1. The van der Waals surface area contributed by atoms with Crippen molar-refractivity contribution in [2.24, 2.45) is 0 Å². The van der Waals surface area contributed by atoms with Crippen molar-refractivity contribution in [1.82, 2.24) is 4.90 Å². The molecule has 0 aliphatic carbocycles. The molecule has 4 heteroatoms. The van der Waals surface area contributed by atoms with Gasteiger partial charge in [-0.2, -0.15) is 0 Å². The van der Waals surface area contributed by atoms with Crippen molar-refractivity contribution in [3.8, 4) is 5.75 Å². The highest BCUT2D eigenvalue weighted by molar-refractivity contribution is 5.77. The quantitative estimate of drug-likeness (QED) is 0.878. The first-order chi connectivity index (χ1) is 12.2. The fourth-order valence-corrected chi connectivity index (χ4v) is 3.58. The molecule has 0 spiro atoms. The molecule has 25 heavy (non-hydrogen) atoms. The van der Waals surface area contributed by atoms with Crippen molar-refractivity contribution in [3.05, 3.63) is 65.7 Å². The molecule has 1 amide bonds. The van der Waals surface area contributed by atoms with Crippen LogP contribution in [0.3, 0.4) is 0 Å². The average Bonchev–Trinajstić information content (AvgIpc) is 3.11. The molecule has 1 aliphatic rings. The van der Waals surface area contributed by atoms with Gasteiger partial charge in [-0.15, -0.1) is 0 Å². The third-order valence-corrected chi connectivity index (χ3v) is 4.90. The summed E-state index contributed by atoms with van der Waals surface area (Å²) in [5.41, 5.74) is 1.91. The second kappa shape index (κ2) is 8.17. The lowest BCUT2D eigenvalue weighted by atomic mass is 10.0. The van der Waals surface area contributed by atoms with Gasteiger partial charge in [-0.05, 0) is 36.5 Å². The summed E-state index contributed by atoms with van der Waals surface area (Å²) in [7, 11) is 1.67. The monoisotopic (exact) mass is 339 g/mol. The van der Waals surface area contributed by atoms with Crippen LogP contribution in [0.15, 0.2) is 54.6 Å². The lowest BCUT2D eigenvalue weighted by molar-refractivity contribution is -0.134. The van der Waals surface area contributed by atoms with Crippen LogP contribution in [0.1, 0.15) is 36.5 Å². The van der Waals surface area contributed by atoms with Crippen molar-refractivity contribution < 1.29 is 14.6 Å². The number of carbonyl (C=O) groups is 1. The van der Waals surface area contributed by atoms with Gasteiger partial charge >= 0.3 is 0 Å². The van der Waals surface area contributed by atoms with Crippen molar-refractivity contribution in [2.45, 2.75) is 37.8 Å². The zero-order valence-electron chi connectivity index (χ0n) is 14.6. The Balaban J connectivity index is 1.65. The molecule has 1 aliphatic heterocycles. The molecule has 132 valence electrons. The number of aliphatic hydroxyl groups excluding tert-OH is 1. The number of benzene rings is 2. The Hall–Kier alpha value is -2.33. The molecule has 1 fully saturated rings. The van der Waals surface area contributed by atoms with E-state index in [0.29, 0.717) is 0 Å². The molecule has 1 saturated heterocycles. The maximum Gasteiger partial charge on any atom is 0.225 e. The van der Waals surface area contributed by atoms with Gasteiger partial charge < -0.3 is 14.7 Å². The van der Waals surface area contributed by atoms with Crippen molar-refractivity contribution in [2.75, 3.05) is 13.7 Å². The maximum atomic E-state index is 12.7. The van der Waals surface area contributed by atoms with Crippen LogP contribution in [0.5, 0.6) is 5.75 Å². The second-order valence-electron chi connectivity index (χ2n) is 6.53. The normalized spacial score (nSPS) is 18.2. The molecule has 4 nitrogen and oxygen atoms in total. The van der Waals surface area contributed by atoms with Crippen LogP contribution in [-0.4, -0.2) is 35.6 Å². The van der Waals surface area contributed by atoms with Gasteiger partial charge in [0, 0.05) is 12.6 Å². The highest BCUT2D eigenvalue weighted by atomic mass is 16.5. The molecule has 0 bridgehead atoms. The molecule has 2 atom stereocenters. The fourth-order valence-electron chi connectivity index (χ4n) is 3.58. The van der Waals surface area contributed by atoms with E-state index in [0.717, 1.165) is 42.7 Å². The van der Waals surface area contributed by atoms with E-state index >= 15 is 0 Å². The second-order valence-corrected chi connectivity index (χ2v) is 6.53. The molecule has 1 heterocycles. The number of hydrogen-bond acceptors (Lipinski definition) is 3. The minimum absolute atomic E-state index is 0.0220. The molecule has 2 unspecified atom stereocenters. The van der Waals surface area contributed by atoms with E-state index < -0.39 is 6.10 Å². The minimum atomic E-state index is -0.749. The summed E-state index contributed by atoms with van der Waals surface area (Å²) in [5.74, 6) is 0.889. The van der Waals surface area contributed by atoms with Gasteiger partial charge in [0.1, 0.15) is 5.75 Å². The Kier molecular flexibility index (Phi) is 5.71. The highest BCUT2D eigenvalue weighted by Crippen LogP contribution is 2.28. The van der Waals surface area contributed by atoms with E-state index in [9.17, 15) is 9.90 Å². The van der Waals surface area contributed by atoms with Gasteiger partial charge in [-0.25, -0.2) is 0 Å². The minimum Gasteiger partial charge on any atom is -0.496 e. The highest BCUT2D eigenvalue weighted by Gasteiger charge is 2.30. The summed E-state index contributed by atoms with van der Waals surface area (Å²) in [6.07, 6.45) is 2.17. The van der Waals surface area contributed by atoms with Crippen LogP contribution in [-0.2, 0) is 11.2 Å².